The van der Waals surface area contributed by atoms with Gasteiger partial charge in [0.05, 0.1) is 11.3 Å². The average molecular weight is 189 g/mol. The maximum atomic E-state index is 8.59. The highest BCUT2D eigenvalue weighted by Crippen LogP contribution is 2.14. The SMILES string of the molecule is CCCC[C@@H](N)c1ccc(C#N)cn1. The monoisotopic (exact) mass is 189 g/mol. The van der Waals surface area contributed by atoms with Gasteiger partial charge in [-0.3, -0.25) is 4.98 Å². The van der Waals surface area contributed by atoms with E-state index in [1.54, 1.807) is 12.3 Å². The lowest BCUT2D eigenvalue weighted by molar-refractivity contribution is 0.590. The number of nitrogens with two attached hydrogens (primary N) is 1. The van der Waals surface area contributed by atoms with Gasteiger partial charge in [-0.25, -0.2) is 0 Å². The van der Waals surface area contributed by atoms with E-state index < -0.39 is 0 Å². The summed E-state index contributed by atoms with van der Waals surface area (Å²) < 4.78 is 0. The zero-order valence-electron chi connectivity index (χ0n) is 8.40. The summed E-state index contributed by atoms with van der Waals surface area (Å²) >= 11 is 0. The molecule has 0 unspecified atom stereocenters. The Bertz CT molecular complexity index is 310. The van der Waals surface area contributed by atoms with Gasteiger partial charge in [-0.15, -0.1) is 0 Å². The van der Waals surface area contributed by atoms with Gasteiger partial charge in [0.15, 0.2) is 0 Å². The van der Waals surface area contributed by atoms with Crippen molar-refractivity contribution < 1.29 is 0 Å². The summed E-state index contributed by atoms with van der Waals surface area (Å²) in [6.45, 7) is 2.14. The Hall–Kier alpha value is -1.40. The van der Waals surface area contributed by atoms with Gasteiger partial charge in [0, 0.05) is 12.2 Å². The number of pyridine rings is 1. The van der Waals surface area contributed by atoms with Crippen molar-refractivity contribution in [3.8, 4) is 6.07 Å². The second-order valence-corrected chi connectivity index (χ2v) is 3.33. The molecule has 1 aromatic rings. The number of rotatable bonds is 4. The van der Waals surface area contributed by atoms with Crippen LogP contribution in [0.1, 0.15) is 43.5 Å². The fourth-order valence-electron chi connectivity index (χ4n) is 1.26. The molecule has 3 nitrogen and oxygen atoms in total. The molecule has 3 heteroatoms. The number of aromatic nitrogens is 1. The largest absolute Gasteiger partial charge is 0.323 e. The van der Waals surface area contributed by atoms with Crippen LogP contribution >= 0.6 is 0 Å². The number of nitrogens with zero attached hydrogens (tertiary/aromatic N) is 2. The van der Waals surface area contributed by atoms with E-state index in [0.29, 0.717) is 5.56 Å². The minimum atomic E-state index is 0.00249. The van der Waals surface area contributed by atoms with Gasteiger partial charge in [-0.2, -0.15) is 5.26 Å². The standard InChI is InChI=1S/C11H15N3/c1-2-3-4-10(13)11-6-5-9(7-12)8-14-11/h5-6,8,10H,2-4,13H2,1H3/t10-/m1/s1. The molecular formula is C11H15N3. The number of hydrogen-bond donors (Lipinski definition) is 1. The number of nitriles is 1. The van der Waals surface area contributed by atoms with E-state index in [-0.39, 0.29) is 6.04 Å². The van der Waals surface area contributed by atoms with Crippen molar-refractivity contribution in [1.29, 1.82) is 5.26 Å². The molecular weight excluding hydrogens is 174 g/mol. The van der Waals surface area contributed by atoms with E-state index in [9.17, 15) is 0 Å². The highest BCUT2D eigenvalue weighted by molar-refractivity contribution is 5.27. The van der Waals surface area contributed by atoms with E-state index >= 15 is 0 Å². The van der Waals surface area contributed by atoms with Crippen molar-refractivity contribution in [3.05, 3.63) is 29.6 Å². The first-order valence-electron chi connectivity index (χ1n) is 4.89. The zero-order chi connectivity index (χ0) is 10.4. The highest BCUT2D eigenvalue weighted by Gasteiger charge is 2.06. The third-order valence-electron chi connectivity index (χ3n) is 2.16. The van der Waals surface area contributed by atoms with E-state index in [4.69, 9.17) is 11.0 Å². The van der Waals surface area contributed by atoms with Crippen molar-refractivity contribution in [2.24, 2.45) is 5.73 Å². The Morgan fingerprint density at radius 3 is 2.86 bits per heavy atom. The molecule has 0 spiro atoms. The van der Waals surface area contributed by atoms with Gasteiger partial charge in [0.2, 0.25) is 0 Å². The van der Waals surface area contributed by atoms with Crippen LogP contribution in [-0.2, 0) is 0 Å². The summed E-state index contributed by atoms with van der Waals surface area (Å²) in [5.41, 5.74) is 7.38. The Labute approximate surface area is 84.6 Å². The molecule has 0 amide bonds. The summed E-state index contributed by atoms with van der Waals surface area (Å²) in [7, 11) is 0. The number of hydrogen-bond acceptors (Lipinski definition) is 3. The molecule has 1 rings (SSSR count). The molecule has 0 saturated heterocycles. The van der Waals surface area contributed by atoms with Crippen molar-refractivity contribution in [3.63, 3.8) is 0 Å². The summed E-state index contributed by atoms with van der Waals surface area (Å²) in [4.78, 5) is 4.15. The molecule has 0 aliphatic rings. The first-order chi connectivity index (χ1) is 6.77. The normalized spacial score (nSPS) is 12.1. The second-order valence-electron chi connectivity index (χ2n) is 3.33. The summed E-state index contributed by atoms with van der Waals surface area (Å²) in [5, 5.41) is 8.59. The fourth-order valence-corrected chi connectivity index (χ4v) is 1.26. The lowest BCUT2D eigenvalue weighted by Crippen LogP contribution is -2.11. The lowest BCUT2D eigenvalue weighted by Gasteiger charge is -2.09. The topological polar surface area (TPSA) is 62.7 Å². The first kappa shape index (κ1) is 10.7. The van der Waals surface area contributed by atoms with Gasteiger partial charge < -0.3 is 5.73 Å². The molecule has 0 bridgehead atoms. The predicted molar refractivity (Wildman–Crippen MR) is 55.4 cm³/mol. The van der Waals surface area contributed by atoms with Crippen molar-refractivity contribution in [2.45, 2.75) is 32.2 Å². The maximum absolute atomic E-state index is 8.59. The molecule has 74 valence electrons. The van der Waals surface area contributed by atoms with E-state index in [2.05, 4.69) is 11.9 Å². The second kappa shape index (κ2) is 5.36. The van der Waals surface area contributed by atoms with Crippen LogP contribution in [0.5, 0.6) is 0 Å². The van der Waals surface area contributed by atoms with Gasteiger partial charge in [-0.1, -0.05) is 19.8 Å². The van der Waals surface area contributed by atoms with Crippen LogP contribution in [0, 0.1) is 11.3 Å². The lowest BCUT2D eigenvalue weighted by atomic mass is 10.1. The average Bonchev–Trinajstić information content (AvgIpc) is 2.26. The Morgan fingerprint density at radius 1 is 1.57 bits per heavy atom. The minimum Gasteiger partial charge on any atom is -0.323 e. The quantitative estimate of drug-likeness (QED) is 0.789. The van der Waals surface area contributed by atoms with Crippen LogP contribution in [0.4, 0.5) is 0 Å². The summed E-state index contributed by atoms with van der Waals surface area (Å²) in [6, 6.07) is 5.63. The molecule has 0 radical (unpaired) electrons. The minimum absolute atomic E-state index is 0.00249. The smallest absolute Gasteiger partial charge is 0.101 e. The predicted octanol–water partition coefficient (Wildman–Crippen LogP) is 2.14. The molecule has 14 heavy (non-hydrogen) atoms. The molecule has 0 aliphatic carbocycles. The molecule has 2 N–H and O–H groups in total. The third kappa shape index (κ3) is 2.82. The van der Waals surface area contributed by atoms with Crippen LogP contribution in [0.15, 0.2) is 18.3 Å². The Kier molecular flexibility index (Phi) is 4.09. The third-order valence-corrected chi connectivity index (χ3v) is 2.16. The van der Waals surface area contributed by atoms with E-state index in [0.717, 1.165) is 25.0 Å². The molecule has 1 atom stereocenters. The number of unbranched alkanes of at least 4 members (excludes halogenated alkanes) is 1. The molecule has 1 aromatic heterocycles. The van der Waals surface area contributed by atoms with Crippen molar-refractivity contribution >= 4 is 0 Å². The van der Waals surface area contributed by atoms with Crippen molar-refractivity contribution in [1.82, 2.24) is 4.98 Å². The first-order valence-corrected chi connectivity index (χ1v) is 4.89. The van der Waals surface area contributed by atoms with E-state index in [1.165, 1.54) is 0 Å². The molecule has 0 aromatic carbocycles. The van der Waals surface area contributed by atoms with Crippen LogP contribution in [-0.4, -0.2) is 4.98 Å². The maximum Gasteiger partial charge on any atom is 0.101 e. The van der Waals surface area contributed by atoms with Gasteiger partial charge in [0.1, 0.15) is 6.07 Å². The van der Waals surface area contributed by atoms with Crippen LogP contribution in [0.3, 0.4) is 0 Å². The van der Waals surface area contributed by atoms with Crippen LogP contribution in [0.2, 0.25) is 0 Å². The van der Waals surface area contributed by atoms with Crippen LogP contribution < -0.4 is 5.73 Å². The van der Waals surface area contributed by atoms with E-state index in [1.807, 2.05) is 12.1 Å². The van der Waals surface area contributed by atoms with Crippen LogP contribution in [0.25, 0.3) is 0 Å². The summed E-state index contributed by atoms with van der Waals surface area (Å²) in [5.74, 6) is 0. The molecule has 0 aliphatic heterocycles. The zero-order valence-corrected chi connectivity index (χ0v) is 8.40. The van der Waals surface area contributed by atoms with Gasteiger partial charge in [0.25, 0.3) is 0 Å². The Morgan fingerprint density at radius 2 is 2.36 bits per heavy atom. The molecule has 1 heterocycles. The van der Waals surface area contributed by atoms with Gasteiger partial charge >= 0.3 is 0 Å². The Balaban J connectivity index is 2.63. The highest BCUT2D eigenvalue weighted by atomic mass is 14.8. The van der Waals surface area contributed by atoms with Crippen molar-refractivity contribution in [2.75, 3.05) is 0 Å². The molecule has 0 fully saturated rings. The fraction of sp³-hybridized carbons (Fsp3) is 0.455. The van der Waals surface area contributed by atoms with Gasteiger partial charge in [-0.05, 0) is 18.6 Å². The summed E-state index contributed by atoms with van der Waals surface area (Å²) in [6.07, 6.45) is 4.78. The molecule has 0 saturated carbocycles.